The molecule has 0 aliphatic carbocycles. The molecule has 0 saturated carbocycles. The number of nitrogens with one attached hydrogen (secondary N) is 1. The van der Waals surface area contributed by atoms with Gasteiger partial charge in [0.15, 0.2) is 0 Å². The number of carbonyl (C=O) groups excluding carboxylic acids is 2. The van der Waals surface area contributed by atoms with Gasteiger partial charge in [-0.25, -0.2) is 4.79 Å². The number of aromatic nitrogens is 1. The third kappa shape index (κ3) is 3.74. The predicted molar refractivity (Wildman–Crippen MR) is 135 cm³/mol. The van der Waals surface area contributed by atoms with Gasteiger partial charge in [-0.1, -0.05) is 30.9 Å². The van der Waals surface area contributed by atoms with E-state index in [9.17, 15) is 9.59 Å². The SMILES string of the molecule is C=C/C=C\C(=C/C)[C@@H]1c2[nH]c3ccc(OCC)cc3c2C[C@@]2(C)C(=O)N(CCN(C)C)C(=O)N12. The van der Waals surface area contributed by atoms with Crippen LogP contribution in [0.4, 0.5) is 4.79 Å². The number of urea groups is 1. The van der Waals surface area contributed by atoms with E-state index in [4.69, 9.17) is 4.74 Å². The van der Waals surface area contributed by atoms with Crippen LogP contribution in [0.2, 0.25) is 0 Å². The highest BCUT2D eigenvalue weighted by Gasteiger charge is 2.60. The molecule has 2 aliphatic heterocycles. The molecule has 1 aromatic heterocycles. The molecule has 7 nitrogen and oxygen atoms in total. The Balaban J connectivity index is 1.91. The Morgan fingerprint density at radius 2 is 2.12 bits per heavy atom. The summed E-state index contributed by atoms with van der Waals surface area (Å²) in [4.78, 5) is 36.2. The Labute approximate surface area is 201 Å². The van der Waals surface area contributed by atoms with E-state index in [1.165, 1.54) is 4.90 Å². The summed E-state index contributed by atoms with van der Waals surface area (Å²) in [6.07, 6.45) is 7.98. The summed E-state index contributed by atoms with van der Waals surface area (Å²) in [6, 6.07) is 5.32. The normalized spacial score (nSPS) is 22.8. The third-order valence-electron chi connectivity index (χ3n) is 6.79. The van der Waals surface area contributed by atoms with E-state index < -0.39 is 11.6 Å². The van der Waals surface area contributed by atoms with Crippen molar-refractivity contribution in [3.8, 4) is 5.75 Å². The molecule has 4 rings (SSSR count). The van der Waals surface area contributed by atoms with Crippen LogP contribution in [0.15, 0.2) is 54.7 Å². The first kappa shape index (κ1) is 23.8. The molecule has 1 N–H and O–H groups in total. The quantitative estimate of drug-likeness (QED) is 0.465. The molecule has 2 aliphatic rings. The molecule has 0 radical (unpaired) electrons. The molecular weight excluding hydrogens is 428 g/mol. The van der Waals surface area contributed by atoms with Crippen LogP contribution in [0.5, 0.6) is 5.75 Å². The number of carbonyl (C=O) groups is 2. The van der Waals surface area contributed by atoms with E-state index >= 15 is 0 Å². The van der Waals surface area contributed by atoms with Gasteiger partial charge in [0.05, 0.1) is 12.6 Å². The molecule has 3 heterocycles. The number of ether oxygens (including phenoxy) is 1. The zero-order chi connectivity index (χ0) is 24.6. The molecule has 34 heavy (non-hydrogen) atoms. The lowest BCUT2D eigenvalue weighted by Crippen LogP contribution is -2.53. The molecule has 2 aromatic rings. The summed E-state index contributed by atoms with van der Waals surface area (Å²) < 4.78 is 5.75. The summed E-state index contributed by atoms with van der Waals surface area (Å²) in [5.74, 6) is 0.647. The number of H-pyrrole nitrogens is 1. The second-order valence-corrected chi connectivity index (χ2v) is 9.31. The second-order valence-electron chi connectivity index (χ2n) is 9.31. The molecule has 1 fully saturated rings. The number of hydrogen-bond donors (Lipinski definition) is 1. The fourth-order valence-electron chi connectivity index (χ4n) is 5.12. The van der Waals surface area contributed by atoms with E-state index in [0.717, 1.165) is 33.5 Å². The molecular formula is C27H34N4O3. The van der Waals surface area contributed by atoms with Crippen LogP contribution in [-0.2, 0) is 11.2 Å². The van der Waals surface area contributed by atoms with E-state index in [-0.39, 0.29) is 11.9 Å². The van der Waals surface area contributed by atoms with Crippen LogP contribution in [0.3, 0.4) is 0 Å². The number of imide groups is 1. The molecule has 3 amide bonds. The maximum Gasteiger partial charge on any atom is 0.328 e. The Morgan fingerprint density at radius 3 is 2.76 bits per heavy atom. The van der Waals surface area contributed by atoms with Gasteiger partial charge in [-0.2, -0.15) is 0 Å². The van der Waals surface area contributed by atoms with Crippen molar-refractivity contribution < 1.29 is 14.3 Å². The van der Waals surface area contributed by atoms with Crippen molar-refractivity contribution in [1.82, 2.24) is 19.7 Å². The smallest absolute Gasteiger partial charge is 0.328 e. The molecule has 1 aromatic carbocycles. The number of nitrogens with zero attached hydrogens (tertiary/aromatic N) is 3. The lowest BCUT2D eigenvalue weighted by molar-refractivity contribution is -0.133. The molecule has 0 spiro atoms. The van der Waals surface area contributed by atoms with Crippen molar-refractivity contribution in [2.75, 3.05) is 33.8 Å². The van der Waals surface area contributed by atoms with E-state index in [2.05, 4.69) is 11.6 Å². The standard InChI is InChI=1S/C27H34N4O3/c1-7-10-11-18(8-2)24-23-21(20-16-19(34-9-3)12-13-22(20)28-23)17-27(4)25(32)30(15-14-29(5)6)26(33)31(24)27/h7-8,10-13,16,24,28H,1,9,14-15,17H2,2-6H3/b11-10-,18-8+/t24-,27+/m1/s1. The van der Waals surface area contributed by atoms with Gasteiger partial charge in [0.1, 0.15) is 11.3 Å². The molecule has 0 unspecified atom stereocenters. The van der Waals surface area contributed by atoms with E-state index in [1.807, 2.05) is 76.2 Å². The van der Waals surface area contributed by atoms with E-state index in [0.29, 0.717) is 26.1 Å². The lowest BCUT2D eigenvalue weighted by atomic mass is 9.81. The largest absolute Gasteiger partial charge is 0.494 e. The Bertz CT molecular complexity index is 1190. The number of likely N-dealkylation sites (N-methyl/N-ethyl adjacent to an activating group) is 1. The minimum atomic E-state index is -0.978. The van der Waals surface area contributed by atoms with Crippen LogP contribution >= 0.6 is 0 Å². The summed E-state index contributed by atoms with van der Waals surface area (Å²) >= 11 is 0. The summed E-state index contributed by atoms with van der Waals surface area (Å²) in [5, 5.41) is 1.03. The van der Waals surface area contributed by atoms with E-state index in [1.54, 1.807) is 11.0 Å². The minimum Gasteiger partial charge on any atom is -0.494 e. The zero-order valence-electron chi connectivity index (χ0n) is 20.7. The Kier molecular flexibility index (Phi) is 6.41. The number of allylic oxidation sites excluding steroid dienone is 3. The van der Waals surface area contributed by atoms with Crippen LogP contribution in [0, 0.1) is 0 Å². The van der Waals surface area contributed by atoms with Crippen LogP contribution < -0.4 is 4.74 Å². The topological polar surface area (TPSA) is 68.9 Å². The van der Waals surface area contributed by atoms with Gasteiger partial charge in [0.25, 0.3) is 5.91 Å². The van der Waals surface area contributed by atoms with Crippen LogP contribution in [-0.4, -0.2) is 71.0 Å². The third-order valence-corrected chi connectivity index (χ3v) is 6.79. The van der Waals surface area contributed by atoms with Gasteiger partial charge in [0, 0.05) is 36.1 Å². The first-order chi connectivity index (χ1) is 16.3. The highest BCUT2D eigenvalue weighted by Crippen LogP contribution is 2.49. The maximum absolute atomic E-state index is 13.7. The summed E-state index contributed by atoms with van der Waals surface area (Å²) in [5.41, 5.74) is 2.92. The van der Waals surface area contributed by atoms with Gasteiger partial charge in [0.2, 0.25) is 0 Å². The van der Waals surface area contributed by atoms with Gasteiger partial charge in [-0.15, -0.1) is 0 Å². The number of rotatable bonds is 8. The number of hydrogen-bond acceptors (Lipinski definition) is 4. The molecule has 180 valence electrons. The number of amides is 3. The number of aromatic amines is 1. The van der Waals surface area contributed by atoms with Crippen LogP contribution in [0.25, 0.3) is 10.9 Å². The molecule has 2 atom stereocenters. The Hall–Kier alpha value is -3.32. The van der Waals surface area contributed by atoms with Crippen molar-refractivity contribution in [2.45, 2.75) is 38.8 Å². The van der Waals surface area contributed by atoms with Crippen LogP contribution in [0.1, 0.15) is 38.1 Å². The monoisotopic (exact) mass is 462 g/mol. The lowest BCUT2D eigenvalue weighted by Gasteiger charge is -2.42. The summed E-state index contributed by atoms with van der Waals surface area (Å²) in [6.45, 7) is 11.2. The van der Waals surface area contributed by atoms with Crippen molar-refractivity contribution >= 4 is 22.8 Å². The molecule has 0 bridgehead atoms. The van der Waals surface area contributed by atoms with Crippen molar-refractivity contribution in [3.05, 3.63) is 65.9 Å². The maximum atomic E-state index is 13.7. The second kappa shape index (κ2) is 9.14. The van der Waals surface area contributed by atoms with Gasteiger partial charge in [-0.05, 0) is 64.2 Å². The highest BCUT2D eigenvalue weighted by molar-refractivity contribution is 6.08. The first-order valence-corrected chi connectivity index (χ1v) is 11.8. The summed E-state index contributed by atoms with van der Waals surface area (Å²) in [7, 11) is 3.88. The van der Waals surface area contributed by atoms with Gasteiger partial charge >= 0.3 is 6.03 Å². The minimum absolute atomic E-state index is 0.145. The van der Waals surface area contributed by atoms with Crippen molar-refractivity contribution in [1.29, 1.82) is 0 Å². The average Bonchev–Trinajstić information content (AvgIpc) is 3.24. The Morgan fingerprint density at radius 1 is 1.35 bits per heavy atom. The average molecular weight is 463 g/mol. The predicted octanol–water partition coefficient (Wildman–Crippen LogP) is 4.44. The first-order valence-electron chi connectivity index (χ1n) is 11.8. The molecule has 1 saturated heterocycles. The van der Waals surface area contributed by atoms with Crippen molar-refractivity contribution in [3.63, 3.8) is 0 Å². The van der Waals surface area contributed by atoms with Gasteiger partial charge in [-0.3, -0.25) is 14.6 Å². The van der Waals surface area contributed by atoms with Gasteiger partial charge < -0.3 is 14.6 Å². The van der Waals surface area contributed by atoms with Crippen molar-refractivity contribution in [2.24, 2.45) is 0 Å². The fourth-order valence-corrected chi connectivity index (χ4v) is 5.12. The fraction of sp³-hybridized carbons (Fsp3) is 0.407. The zero-order valence-corrected chi connectivity index (χ0v) is 20.7. The number of benzene rings is 1. The highest BCUT2D eigenvalue weighted by atomic mass is 16.5. The number of fused-ring (bicyclic) bond motifs is 4. The molecule has 7 heteroatoms.